The van der Waals surface area contributed by atoms with Gasteiger partial charge in [-0.15, -0.1) is 0 Å². The van der Waals surface area contributed by atoms with Crippen molar-refractivity contribution in [2.24, 2.45) is 0 Å². The van der Waals surface area contributed by atoms with Crippen LogP contribution in [0.3, 0.4) is 0 Å². The van der Waals surface area contributed by atoms with Gasteiger partial charge >= 0.3 is 0 Å². The second kappa shape index (κ2) is 8.13. The highest BCUT2D eigenvalue weighted by atomic mass is 16.3. The second-order valence-electron chi connectivity index (χ2n) is 7.06. The first kappa shape index (κ1) is 16.7. The molecule has 23 heavy (non-hydrogen) atoms. The number of aliphatic hydroxyl groups is 1. The van der Waals surface area contributed by atoms with Crippen LogP contribution >= 0.6 is 0 Å². The van der Waals surface area contributed by atoms with Crippen LogP contribution < -0.4 is 0 Å². The minimum Gasteiger partial charge on any atom is -0.508 e. The van der Waals surface area contributed by atoms with Crippen LogP contribution in [0.5, 0.6) is 5.75 Å². The normalized spacial score (nSPS) is 24.8. The topological polar surface area (TPSA) is 46.9 Å². The largest absolute Gasteiger partial charge is 0.508 e. The molecular weight excluding hydrogens is 288 g/mol. The first-order chi connectivity index (χ1) is 11.3. The molecule has 3 rings (SSSR count). The standard InChI is InChI=1S/C19H30N2O2/c22-13-10-18-15-20(14-16-6-4-5-9-19(16)23)11-12-21(18)17-7-2-1-3-8-17/h4-6,9,17-18,22-23H,1-3,7-8,10-15H2/t18-/m1/s1. The van der Waals surface area contributed by atoms with Crippen molar-refractivity contribution in [3.8, 4) is 5.75 Å². The maximum absolute atomic E-state index is 9.99. The zero-order valence-corrected chi connectivity index (χ0v) is 14.0. The number of aliphatic hydroxyl groups excluding tert-OH is 1. The van der Waals surface area contributed by atoms with Crippen LogP contribution in [-0.2, 0) is 6.54 Å². The van der Waals surface area contributed by atoms with Crippen molar-refractivity contribution >= 4 is 0 Å². The van der Waals surface area contributed by atoms with Gasteiger partial charge in [0.2, 0.25) is 0 Å². The van der Waals surface area contributed by atoms with Crippen LogP contribution in [0.2, 0.25) is 0 Å². The van der Waals surface area contributed by atoms with Crippen LogP contribution in [0.25, 0.3) is 0 Å². The summed E-state index contributed by atoms with van der Waals surface area (Å²) in [5.74, 6) is 0.390. The number of aromatic hydroxyl groups is 1. The molecule has 1 aromatic rings. The third-order valence-corrected chi connectivity index (χ3v) is 5.50. The molecule has 2 N–H and O–H groups in total. The molecule has 1 atom stereocenters. The smallest absolute Gasteiger partial charge is 0.120 e. The maximum Gasteiger partial charge on any atom is 0.120 e. The SMILES string of the molecule is OCC[C@@H]1CN(Cc2ccccc2O)CCN1C1CCCCC1. The lowest BCUT2D eigenvalue weighted by molar-refractivity contribution is 0.0134. The van der Waals surface area contributed by atoms with Gasteiger partial charge in [0, 0.05) is 50.4 Å². The molecule has 0 radical (unpaired) electrons. The van der Waals surface area contributed by atoms with Crippen molar-refractivity contribution in [3.63, 3.8) is 0 Å². The number of nitrogens with zero attached hydrogens (tertiary/aromatic N) is 2. The van der Waals surface area contributed by atoms with Gasteiger partial charge in [-0.3, -0.25) is 9.80 Å². The number of hydrogen-bond donors (Lipinski definition) is 2. The van der Waals surface area contributed by atoms with Crippen LogP contribution in [0.1, 0.15) is 44.1 Å². The number of rotatable bonds is 5. The molecule has 1 saturated carbocycles. The van der Waals surface area contributed by atoms with E-state index in [2.05, 4.69) is 9.80 Å². The van der Waals surface area contributed by atoms with Crippen LogP contribution in [0, 0.1) is 0 Å². The van der Waals surface area contributed by atoms with Crippen molar-refractivity contribution in [2.75, 3.05) is 26.2 Å². The average molecular weight is 318 g/mol. The maximum atomic E-state index is 9.99. The van der Waals surface area contributed by atoms with E-state index in [1.807, 2.05) is 18.2 Å². The number of piperazine rings is 1. The molecule has 0 unspecified atom stereocenters. The Morgan fingerprint density at radius 1 is 1.04 bits per heavy atom. The molecule has 0 bridgehead atoms. The van der Waals surface area contributed by atoms with E-state index < -0.39 is 0 Å². The summed E-state index contributed by atoms with van der Waals surface area (Å²) in [6.07, 6.45) is 7.59. The number of para-hydroxylation sites is 1. The highest BCUT2D eigenvalue weighted by Gasteiger charge is 2.32. The molecule has 0 aromatic heterocycles. The third kappa shape index (κ3) is 4.25. The number of phenolic OH excluding ortho intramolecular Hbond substituents is 1. The van der Waals surface area contributed by atoms with Gasteiger partial charge in [0.25, 0.3) is 0 Å². The molecule has 4 nitrogen and oxygen atoms in total. The number of phenols is 1. The average Bonchev–Trinajstić information content (AvgIpc) is 2.58. The summed E-state index contributed by atoms with van der Waals surface area (Å²) in [5, 5.41) is 19.5. The van der Waals surface area contributed by atoms with Crippen molar-refractivity contribution in [1.82, 2.24) is 9.80 Å². The molecule has 0 amide bonds. The van der Waals surface area contributed by atoms with Gasteiger partial charge in [0.05, 0.1) is 0 Å². The highest BCUT2D eigenvalue weighted by molar-refractivity contribution is 5.31. The van der Waals surface area contributed by atoms with Crippen LogP contribution in [0.4, 0.5) is 0 Å². The van der Waals surface area contributed by atoms with E-state index in [-0.39, 0.29) is 6.61 Å². The minimum absolute atomic E-state index is 0.262. The fourth-order valence-electron chi connectivity index (χ4n) is 4.26. The summed E-state index contributed by atoms with van der Waals surface area (Å²) < 4.78 is 0. The van der Waals surface area contributed by atoms with Gasteiger partial charge in [-0.2, -0.15) is 0 Å². The first-order valence-electron chi connectivity index (χ1n) is 9.14. The highest BCUT2D eigenvalue weighted by Crippen LogP contribution is 2.28. The molecule has 128 valence electrons. The van der Waals surface area contributed by atoms with E-state index >= 15 is 0 Å². The van der Waals surface area contributed by atoms with Gasteiger partial charge in [-0.1, -0.05) is 37.5 Å². The lowest BCUT2D eigenvalue weighted by Crippen LogP contribution is -2.56. The molecule has 1 aliphatic carbocycles. The van der Waals surface area contributed by atoms with E-state index in [1.165, 1.54) is 32.1 Å². The summed E-state index contributed by atoms with van der Waals surface area (Å²) in [7, 11) is 0. The molecular formula is C19H30N2O2. The van der Waals surface area contributed by atoms with Crippen molar-refractivity contribution in [3.05, 3.63) is 29.8 Å². The molecule has 1 heterocycles. The van der Waals surface area contributed by atoms with Crippen LogP contribution in [0.15, 0.2) is 24.3 Å². The quantitative estimate of drug-likeness (QED) is 0.876. The van der Waals surface area contributed by atoms with Gasteiger partial charge in [-0.05, 0) is 25.3 Å². The second-order valence-corrected chi connectivity index (χ2v) is 7.06. The molecule has 2 fully saturated rings. The summed E-state index contributed by atoms with van der Waals surface area (Å²) >= 11 is 0. The lowest BCUT2D eigenvalue weighted by Gasteiger charge is -2.46. The third-order valence-electron chi connectivity index (χ3n) is 5.50. The van der Waals surface area contributed by atoms with Gasteiger partial charge < -0.3 is 10.2 Å². The Morgan fingerprint density at radius 3 is 2.57 bits per heavy atom. The van der Waals surface area contributed by atoms with Crippen molar-refractivity contribution in [2.45, 2.75) is 57.2 Å². The fourth-order valence-corrected chi connectivity index (χ4v) is 4.26. The van der Waals surface area contributed by atoms with Crippen molar-refractivity contribution in [1.29, 1.82) is 0 Å². The Labute approximate surface area is 139 Å². The van der Waals surface area contributed by atoms with E-state index in [0.29, 0.717) is 17.8 Å². The number of benzene rings is 1. The van der Waals surface area contributed by atoms with E-state index in [4.69, 9.17) is 0 Å². The predicted molar refractivity (Wildman–Crippen MR) is 92.5 cm³/mol. The zero-order valence-electron chi connectivity index (χ0n) is 14.0. The van der Waals surface area contributed by atoms with Crippen molar-refractivity contribution < 1.29 is 10.2 Å². The predicted octanol–water partition coefficient (Wildman–Crippen LogP) is 2.59. The monoisotopic (exact) mass is 318 g/mol. The Hall–Kier alpha value is -1.10. The summed E-state index contributed by atoms with van der Waals surface area (Å²) in [5.41, 5.74) is 1.00. The first-order valence-corrected chi connectivity index (χ1v) is 9.14. The molecule has 1 aliphatic heterocycles. The van der Waals surface area contributed by atoms with E-state index in [1.54, 1.807) is 6.07 Å². The minimum atomic E-state index is 0.262. The summed E-state index contributed by atoms with van der Waals surface area (Å²) in [6.45, 7) is 4.19. The lowest BCUT2D eigenvalue weighted by atomic mass is 9.91. The zero-order chi connectivity index (χ0) is 16.1. The molecule has 1 aromatic carbocycles. The molecule has 0 spiro atoms. The van der Waals surface area contributed by atoms with Crippen LogP contribution in [-0.4, -0.2) is 58.3 Å². The molecule has 4 heteroatoms. The molecule has 2 aliphatic rings. The Kier molecular flexibility index (Phi) is 5.92. The summed E-state index contributed by atoms with van der Waals surface area (Å²) in [4.78, 5) is 5.09. The van der Waals surface area contributed by atoms with E-state index in [9.17, 15) is 10.2 Å². The summed E-state index contributed by atoms with van der Waals surface area (Å²) in [6, 6.07) is 8.78. The number of hydrogen-bond acceptors (Lipinski definition) is 4. The Morgan fingerprint density at radius 2 is 1.83 bits per heavy atom. The Balaban J connectivity index is 1.62. The fraction of sp³-hybridized carbons (Fsp3) is 0.684. The van der Waals surface area contributed by atoms with Gasteiger partial charge in [0.1, 0.15) is 5.75 Å². The molecule has 1 saturated heterocycles. The van der Waals surface area contributed by atoms with E-state index in [0.717, 1.165) is 38.2 Å². The van der Waals surface area contributed by atoms with Gasteiger partial charge in [-0.25, -0.2) is 0 Å². The van der Waals surface area contributed by atoms with Gasteiger partial charge in [0.15, 0.2) is 0 Å². The Bertz CT molecular complexity index is 488.